The number of carbonyl (C=O) groups excluding carboxylic acids is 1. The first-order valence-corrected chi connectivity index (χ1v) is 6.24. The van der Waals surface area contributed by atoms with Crippen LogP contribution in [0, 0.1) is 0 Å². The van der Waals surface area contributed by atoms with Crippen molar-refractivity contribution >= 4 is 33.4 Å². The van der Waals surface area contributed by atoms with Crippen LogP contribution < -0.4 is 5.32 Å². The maximum atomic E-state index is 11.3. The number of halogens is 2. The van der Waals surface area contributed by atoms with E-state index >= 15 is 0 Å². The minimum absolute atomic E-state index is 0.00440. The minimum Gasteiger partial charge on any atom is -0.350 e. The van der Waals surface area contributed by atoms with Crippen molar-refractivity contribution in [2.45, 2.75) is 19.4 Å². The van der Waals surface area contributed by atoms with Crippen LogP contribution in [0.4, 0.5) is 0 Å². The van der Waals surface area contributed by atoms with E-state index in [0.717, 1.165) is 5.56 Å². The molecular formula is C11H13BrClNO. The molecule has 82 valence electrons. The Bertz CT molecular complexity index is 343. The van der Waals surface area contributed by atoms with Crippen molar-refractivity contribution in [1.29, 1.82) is 0 Å². The molecule has 0 heterocycles. The van der Waals surface area contributed by atoms with Crippen molar-refractivity contribution in [3.8, 4) is 0 Å². The Kier molecular flexibility index (Phi) is 5.12. The van der Waals surface area contributed by atoms with E-state index in [1.165, 1.54) is 0 Å². The van der Waals surface area contributed by atoms with Gasteiger partial charge in [0.1, 0.15) is 0 Å². The third-order valence-corrected chi connectivity index (χ3v) is 2.68. The highest BCUT2D eigenvalue weighted by Gasteiger charge is 2.08. The van der Waals surface area contributed by atoms with E-state index in [1.54, 1.807) is 0 Å². The molecule has 1 rings (SSSR count). The summed E-state index contributed by atoms with van der Waals surface area (Å²) in [6.45, 7) is 1.94. The van der Waals surface area contributed by atoms with Gasteiger partial charge in [-0.05, 0) is 24.6 Å². The maximum absolute atomic E-state index is 11.3. The van der Waals surface area contributed by atoms with Crippen molar-refractivity contribution in [2.24, 2.45) is 0 Å². The van der Waals surface area contributed by atoms with Crippen LogP contribution in [0.25, 0.3) is 0 Å². The van der Waals surface area contributed by atoms with Crippen molar-refractivity contribution < 1.29 is 4.79 Å². The van der Waals surface area contributed by atoms with Gasteiger partial charge in [-0.1, -0.05) is 39.7 Å². The number of hydrogen-bond acceptors (Lipinski definition) is 1. The molecule has 0 bridgehead atoms. The average molecular weight is 291 g/mol. The molecule has 0 saturated carbocycles. The van der Waals surface area contributed by atoms with Gasteiger partial charge in [0.25, 0.3) is 0 Å². The molecule has 1 aromatic rings. The highest BCUT2D eigenvalue weighted by molar-refractivity contribution is 9.09. The quantitative estimate of drug-likeness (QED) is 0.847. The number of nitrogens with one attached hydrogen (secondary N) is 1. The third-order valence-electron chi connectivity index (χ3n) is 2.05. The fourth-order valence-electron chi connectivity index (χ4n) is 1.26. The molecule has 1 atom stereocenters. The van der Waals surface area contributed by atoms with E-state index in [0.29, 0.717) is 16.8 Å². The van der Waals surface area contributed by atoms with E-state index in [9.17, 15) is 4.79 Å². The van der Waals surface area contributed by atoms with E-state index in [1.807, 2.05) is 31.2 Å². The van der Waals surface area contributed by atoms with Crippen LogP contribution in [0.3, 0.4) is 0 Å². The van der Waals surface area contributed by atoms with E-state index in [4.69, 9.17) is 11.6 Å². The molecule has 0 radical (unpaired) electrons. The molecule has 1 N–H and O–H groups in total. The number of carbonyl (C=O) groups is 1. The smallest absolute Gasteiger partial charge is 0.221 e. The molecule has 0 unspecified atom stereocenters. The molecule has 0 aliphatic carbocycles. The van der Waals surface area contributed by atoms with E-state index < -0.39 is 0 Å². The Morgan fingerprint density at radius 3 is 2.93 bits per heavy atom. The van der Waals surface area contributed by atoms with Gasteiger partial charge in [-0.3, -0.25) is 4.79 Å². The van der Waals surface area contributed by atoms with Gasteiger partial charge in [-0.2, -0.15) is 0 Å². The van der Waals surface area contributed by atoms with Crippen LogP contribution in [-0.4, -0.2) is 11.2 Å². The fraction of sp³-hybridized carbons (Fsp3) is 0.364. The number of hydrogen-bond donors (Lipinski definition) is 1. The summed E-state index contributed by atoms with van der Waals surface area (Å²) in [7, 11) is 0. The summed E-state index contributed by atoms with van der Waals surface area (Å²) in [4.78, 5) is 11.3. The largest absolute Gasteiger partial charge is 0.350 e. The molecule has 15 heavy (non-hydrogen) atoms. The molecule has 0 spiro atoms. The van der Waals surface area contributed by atoms with E-state index in [-0.39, 0.29) is 11.9 Å². The van der Waals surface area contributed by atoms with Gasteiger partial charge < -0.3 is 5.32 Å². The Morgan fingerprint density at radius 2 is 2.33 bits per heavy atom. The topological polar surface area (TPSA) is 29.1 Å². The van der Waals surface area contributed by atoms with Crippen LogP contribution >= 0.6 is 27.5 Å². The van der Waals surface area contributed by atoms with Gasteiger partial charge in [-0.15, -0.1) is 0 Å². The summed E-state index contributed by atoms with van der Waals surface area (Å²) in [6, 6.07) is 7.50. The summed E-state index contributed by atoms with van der Waals surface area (Å²) in [5, 5.41) is 4.27. The normalized spacial score (nSPS) is 12.2. The summed E-state index contributed by atoms with van der Waals surface area (Å²) in [5.74, 6) is 0.0411. The predicted molar refractivity (Wildman–Crippen MR) is 66.4 cm³/mol. The molecule has 0 aliphatic rings. The zero-order valence-electron chi connectivity index (χ0n) is 8.47. The Balaban J connectivity index is 2.60. The molecular weight excluding hydrogens is 277 g/mol. The van der Waals surface area contributed by atoms with Gasteiger partial charge >= 0.3 is 0 Å². The van der Waals surface area contributed by atoms with Crippen molar-refractivity contribution in [3.63, 3.8) is 0 Å². The number of alkyl halides is 1. The number of rotatable bonds is 4. The predicted octanol–water partition coefficient (Wildman–Crippen LogP) is 3.30. The Morgan fingerprint density at radius 1 is 1.60 bits per heavy atom. The van der Waals surface area contributed by atoms with Crippen molar-refractivity contribution in [3.05, 3.63) is 34.9 Å². The first-order valence-electron chi connectivity index (χ1n) is 4.74. The van der Waals surface area contributed by atoms with Crippen molar-refractivity contribution in [1.82, 2.24) is 5.32 Å². The van der Waals surface area contributed by atoms with Gasteiger partial charge in [-0.25, -0.2) is 0 Å². The lowest BCUT2D eigenvalue weighted by molar-refractivity contribution is -0.121. The maximum Gasteiger partial charge on any atom is 0.221 e. The molecule has 4 heteroatoms. The molecule has 0 fully saturated rings. The van der Waals surface area contributed by atoms with E-state index in [2.05, 4.69) is 21.2 Å². The lowest BCUT2D eigenvalue weighted by Crippen LogP contribution is -2.26. The van der Waals surface area contributed by atoms with Crippen LogP contribution in [0.2, 0.25) is 5.02 Å². The van der Waals surface area contributed by atoms with Crippen LogP contribution in [0.1, 0.15) is 24.9 Å². The summed E-state index contributed by atoms with van der Waals surface area (Å²) in [5.41, 5.74) is 1.02. The van der Waals surface area contributed by atoms with Gasteiger partial charge in [0, 0.05) is 16.8 Å². The first-order chi connectivity index (χ1) is 7.13. The number of benzene rings is 1. The van der Waals surface area contributed by atoms with Crippen molar-refractivity contribution in [2.75, 3.05) is 5.33 Å². The third kappa shape index (κ3) is 4.22. The molecule has 0 saturated heterocycles. The minimum atomic E-state index is -0.00440. The SMILES string of the molecule is C[C@H](NC(=O)CCBr)c1cccc(Cl)c1. The van der Waals surface area contributed by atoms with Gasteiger partial charge in [0.2, 0.25) is 5.91 Å². The van der Waals surface area contributed by atoms with Crippen LogP contribution in [0.5, 0.6) is 0 Å². The molecule has 1 aromatic carbocycles. The highest BCUT2D eigenvalue weighted by atomic mass is 79.9. The summed E-state index contributed by atoms with van der Waals surface area (Å²) in [6.07, 6.45) is 0.491. The fourth-order valence-corrected chi connectivity index (χ4v) is 1.82. The second-order valence-corrected chi connectivity index (χ2v) is 4.51. The summed E-state index contributed by atoms with van der Waals surface area (Å²) < 4.78 is 0. The lowest BCUT2D eigenvalue weighted by Gasteiger charge is -2.14. The first kappa shape index (κ1) is 12.5. The Labute approximate surface area is 103 Å². The zero-order valence-corrected chi connectivity index (χ0v) is 10.8. The standard InChI is InChI=1S/C11H13BrClNO/c1-8(14-11(15)5-6-12)9-3-2-4-10(13)7-9/h2-4,7-8H,5-6H2,1H3,(H,14,15)/t8-/m0/s1. The van der Waals surface area contributed by atoms with Gasteiger partial charge in [0.05, 0.1) is 6.04 Å². The van der Waals surface area contributed by atoms with Crippen LogP contribution in [0.15, 0.2) is 24.3 Å². The molecule has 1 amide bonds. The average Bonchev–Trinajstić information content (AvgIpc) is 2.18. The Hall–Kier alpha value is -0.540. The number of amides is 1. The monoisotopic (exact) mass is 289 g/mol. The highest BCUT2D eigenvalue weighted by Crippen LogP contribution is 2.17. The second kappa shape index (κ2) is 6.13. The lowest BCUT2D eigenvalue weighted by atomic mass is 10.1. The molecule has 2 nitrogen and oxygen atoms in total. The second-order valence-electron chi connectivity index (χ2n) is 3.28. The summed E-state index contributed by atoms with van der Waals surface area (Å²) >= 11 is 9.09. The van der Waals surface area contributed by atoms with Gasteiger partial charge in [0.15, 0.2) is 0 Å². The molecule has 0 aromatic heterocycles. The zero-order chi connectivity index (χ0) is 11.3. The molecule has 0 aliphatic heterocycles. The van der Waals surface area contributed by atoms with Crippen LogP contribution in [-0.2, 0) is 4.79 Å².